The van der Waals surface area contributed by atoms with E-state index in [0.29, 0.717) is 23.1 Å². The summed E-state index contributed by atoms with van der Waals surface area (Å²) in [5.41, 5.74) is -3.65. The van der Waals surface area contributed by atoms with Crippen LogP contribution >= 0.6 is 0 Å². The summed E-state index contributed by atoms with van der Waals surface area (Å²) in [5.74, 6) is -3.04. The molecule has 19 heteroatoms. The van der Waals surface area contributed by atoms with Gasteiger partial charge in [0.2, 0.25) is 0 Å². The van der Waals surface area contributed by atoms with Crippen LogP contribution in [0, 0.1) is 17.1 Å². The number of carbonyl (C=O) groups excluding carboxylic acids is 1. The molecule has 0 aliphatic carbocycles. The van der Waals surface area contributed by atoms with Gasteiger partial charge in [0.1, 0.15) is 17.5 Å². The van der Waals surface area contributed by atoms with Gasteiger partial charge in [0.25, 0.3) is 5.91 Å². The molecule has 0 spiro atoms. The van der Waals surface area contributed by atoms with Crippen molar-refractivity contribution in [3.05, 3.63) is 60.3 Å². The summed E-state index contributed by atoms with van der Waals surface area (Å²) in [6.45, 7) is -0.962. The van der Waals surface area contributed by atoms with Crippen LogP contribution in [0.25, 0.3) is 22.3 Å². The van der Waals surface area contributed by atoms with Crippen LogP contribution in [0.3, 0.4) is 0 Å². The second-order valence-corrected chi connectivity index (χ2v) is 11.6. The van der Waals surface area contributed by atoms with Crippen LogP contribution in [-0.2, 0) is 11.7 Å². The zero-order valence-corrected chi connectivity index (χ0v) is 23.5. The minimum absolute atomic E-state index is 0.00178. The zero-order valence-electron chi connectivity index (χ0n) is 23.5. The first-order valence-corrected chi connectivity index (χ1v) is 13.5. The average molecular weight is 603 g/mol. The topological polar surface area (TPSA) is 120 Å². The second-order valence-electron chi connectivity index (χ2n) is 11.6. The molecule has 1 amide bonds. The number of aromatic amines is 1. The zero-order chi connectivity index (χ0) is 32.6. The highest BCUT2D eigenvalue weighted by molar-refractivity contribution is 6.53. The van der Waals surface area contributed by atoms with Crippen molar-refractivity contribution in [1.82, 2.24) is 39.5 Å². The van der Waals surface area contributed by atoms with Crippen LogP contribution in [0.4, 0.5) is 17.6 Å². The van der Waals surface area contributed by atoms with Crippen molar-refractivity contribution in [2.24, 2.45) is 0 Å². The number of alkyl halides is 3. The number of likely N-dealkylation sites (tertiary alicyclic amines) is 2. The van der Waals surface area contributed by atoms with Gasteiger partial charge in [-0.1, -0.05) is 10.4 Å². The number of rotatable bonds is 5. The van der Waals surface area contributed by atoms with E-state index in [1.807, 2.05) is 6.07 Å². The Kier molecular flexibility index (Phi) is 7.04. The lowest BCUT2D eigenvalue weighted by atomic mass is 9.24. The third-order valence-electron chi connectivity index (χ3n) is 8.57. The Hall–Kier alpha value is -4.06. The average Bonchev–Trinajstić information content (AvgIpc) is 3.62. The summed E-state index contributed by atoms with van der Waals surface area (Å²) in [7, 11) is 32.7. The number of nitrogens with zero attached hydrogens (tertiary/aromatic N) is 8. The molecule has 216 valence electrons. The summed E-state index contributed by atoms with van der Waals surface area (Å²) in [5, 5.41) is 10.9. The number of nitrogens with one attached hydrogen (secondary N) is 1. The number of fused-ring (bicyclic) bond motifs is 1. The van der Waals surface area contributed by atoms with Gasteiger partial charge in [0, 0.05) is 55.7 Å². The predicted molar refractivity (Wildman–Crippen MR) is 157 cm³/mol. The van der Waals surface area contributed by atoms with Crippen LogP contribution in [0.15, 0.2) is 43.2 Å². The van der Waals surface area contributed by atoms with Gasteiger partial charge >= 0.3 is 6.18 Å². The first-order chi connectivity index (χ1) is 21.0. The van der Waals surface area contributed by atoms with E-state index in [-0.39, 0.29) is 19.5 Å². The van der Waals surface area contributed by atoms with Crippen LogP contribution < -0.4 is 0 Å². The minimum atomic E-state index is -5.14. The number of hydrogen-bond donors (Lipinski definition) is 1. The number of carbonyl (C=O) groups is 1. The number of amides is 1. The first kappa shape index (κ1) is 30.9. The third kappa shape index (κ3) is 4.67. The molecular formula is C26H18B5F4N9O. The molecule has 2 saturated heterocycles. The van der Waals surface area contributed by atoms with Gasteiger partial charge in [0.15, 0.2) is 11.5 Å². The maximum atomic E-state index is 14.8. The molecule has 6 rings (SSSR count). The molecule has 2 aliphatic heterocycles. The molecular weight excluding hydrogens is 584 g/mol. The molecule has 2 aliphatic rings. The fourth-order valence-corrected chi connectivity index (χ4v) is 6.28. The number of pyridine rings is 1. The highest BCUT2D eigenvalue weighted by Gasteiger charge is 2.62. The molecule has 0 atom stereocenters. The fourth-order valence-electron chi connectivity index (χ4n) is 6.28. The van der Waals surface area contributed by atoms with Crippen molar-refractivity contribution >= 4 is 56.2 Å². The summed E-state index contributed by atoms with van der Waals surface area (Å²) in [6.07, 6.45) is 2.02. The number of H-pyrrole nitrogens is 1. The van der Waals surface area contributed by atoms with Gasteiger partial charge in [-0.3, -0.25) is 9.48 Å². The van der Waals surface area contributed by atoms with E-state index in [9.17, 15) is 27.6 Å². The Balaban J connectivity index is 1.27. The highest BCUT2D eigenvalue weighted by atomic mass is 19.4. The van der Waals surface area contributed by atoms with Crippen molar-refractivity contribution in [3.63, 3.8) is 0 Å². The molecule has 45 heavy (non-hydrogen) atoms. The Labute approximate surface area is 261 Å². The minimum Gasteiger partial charge on any atom is -0.346 e. The van der Waals surface area contributed by atoms with Crippen LogP contribution in [0.1, 0.15) is 22.5 Å². The van der Waals surface area contributed by atoms with Crippen LogP contribution in [-0.4, -0.2) is 116 Å². The summed E-state index contributed by atoms with van der Waals surface area (Å²) < 4.78 is 56.1. The Morgan fingerprint density at radius 2 is 1.73 bits per heavy atom. The lowest BCUT2D eigenvalue weighted by Gasteiger charge is -2.71. The molecule has 10 nitrogen and oxygen atoms in total. The van der Waals surface area contributed by atoms with Crippen molar-refractivity contribution in [3.8, 4) is 17.3 Å². The van der Waals surface area contributed by atoms with Crippen molar-refractivity contribution < 1.29 is 22.4 Å². The third-order valence-corrected chi connectivity index (χ3v) is 8.57. The maximum absolute atomic E-state index is 14.8. The van der Waals surface area contributed by atoms with E-state index in [2.05, 4.69) is 31.1 Å². The van der Waals surface area contributed by atoms with E-state index >= 15 is 0 Å². The van der Waals surface area contributed by atoms with Gasteiger partial charge < -0.3 is 14.8 Å². The lowest BCUT2D eigenvalue weighted by Crippen LogP contribution is -2.80. The SMILES string of the molecule is [B]C1([B])CN(C(=O)c2ccnc(C(F)(F)F)c2F)CC([B])([B])C1([B])N1CC(CC#N)(n2cc(-c3ncnc4[nH]ccc34)cn2)C1. The molecule has 4 aromatic heterocycles. The fraction of sp³-hybridized carbons (Fsp3) is 0.385. The van der Waals surface area contributed by atoms with Gasteiger partial charge in [-0.25, -0.2) is 19.3 Å². The number of piperidine rings is 1. The largest absolute Gasteiger partial charge is 0.436 e. The Morgan fingerprint density at radius 3 is 2.38 bits per heavy atom. The highest BCUT2D eigenvalue weighted by Crippen LogP contribution is 2.56. The number of hydrogen-bond acceptors (Lipinski definition) is 7. The predicted octanol–water partition coefficient (Wildman–Crippen LogP) is 1.23. The van der Waals surface area contributed by atoms with Crippen molar-refractivity contribution in [2.45, 2.75) is 34.0 Å². The first-order valence-electron chi connectivity index (χ1n) is 13.5. The van der Waals surface area contributed by atoms with Gasteiger partial charge in [-0.15, -0.1) is 0 Å². The normalized spacial score (nSPS) is 20.4. The van der Waals surface area contributed by atoms with Gasteiger partial charge in [-0.05, 0) is 17.6 Å². The molecule has 10 radical (unpaired) electrons. The van der Waals surface area contributed by atoms with Crippen LogP contribution in [0.2, 0.25) is 10.4 Å². The van der Waals surface area contributed by atoms with E-state index in [0.717, 1.165) is 16.4 Å². The van der Waals surface area contributed by atoms with E-state index in [4.69, 9.17) is 39.2 Å². The van der Waals surface area contributed by atoms with Gasteiger partial charge in [0.05, 0.1) is 69.2 Å². The maximum Gasteiger partial charge on any atom is 0.436 e. The molecule has 6 heterocycles. The molecule has 0 bridgehead atoms. The molecule has 0 saturated carbocycles. The summed E-state index contributed by atoms with van der Waals surface area (Å²) >= 11 is 0. The molecule has 0 unspecified atom stereocenters. The Morgan fingerprint density at radius 1 is 1.04 bits per heavy atom. The molecule has 1 N–H and O–H groups in total. The molecule has 2 fully saturated rings. The van der Waals surface area contributed by atoms with Crippen molar-refractivity contribution in [2.75, 3.05) is 26.2 Å². The number of nitriles is 1. The smallest absolute Gasteiger partial charge is 0.346 e. The monoisotopic (exact) mass is 603 g/mol. The summed E-state index contributed by atoms with van der Waals surface area (Å²) in [6, 6.07) is 4.79. The number of halogens is 4. The van der Waals surface area contributed by atoms with E-state index in [1.54, 1.807) is 28.2 Å². The lowest BCUT2D eigenvalue weighted by molar-refractivity contribution is -0.143. The quantitative estimate of drug-likeness (QED) is 0.270. The summed E-state index contributed by atoms with van der Waals surface area (Å²) in [4.78, 5) is 30.3. The molecule has 4 aromatic rings. The standard InChI is InChI=1S/C26H18B5F4N9O/c27-23(28)11-42(21(45)15-1-5-37-19(17(15)32)25(33,34)35)12-24(29,30)26(23,31)43-9-22(10-43,3-4-36)44-8-14(7-41-44)18-16-2-6-38-20(16)40-13-39-18/h1-2,5-8,13H,3,9-12H2,(H,38,39,40). The van der Waals surface area contributed by atoms with E-state index < -0.39 is 63.7 Å². The van der Waals surface area contributed by atoms with E-state index in [1.165, 1.54) is 6.33 Å². The van der Waals surface area contributed by atoms with Gasteiger partial charge in [-0.2, -0.15) is 23.5 Å². The van der Waals surface area contributed by atoms with Crippen molar-refractivity contribution in [1.29, 1.82) is 5.26 Å². The second kappa shape index (κ2) is 10.2. The molecule has 0 aromatic carbocycles. The van der Waals surface area contributed by atoms with Crippen LogP contribution in [0.5, 0.6) is 0 Å². The number of aromatic nitrogens is 6. The Bertz CT molecular complexity index is 1830.